The number of nitrogens with zero attached hydrogens (tertiary/aromatic N) is 3. The molecule has 1 unspecified atom stereocenters. The first-order valence-corrected chi connectivity index (χ1v) is 8.74. The van der Waals surface area contributed by atoms with Gasteiger partial charge in [0.05, 0.1) is 10.8 Å². The zero-order valence-electron chi connectivity index (χ0n) is 11.8. The normalized spacial score (nSPS) is 17.4. The van der Waals surface area contributed by atoms with Crippen molar-refractivity contribution in [2.45, 2.75) is 55.0 Å². The molecular formula is C13H17N3O2S2. The van der Waals surface area contributed by atoms with Gasteiger partial charge in [0, 0.05) is 17.0 Å². The van der Waals surface area contributed by atoms with Gasteiger partial charge in [-0.15, -0.1) is 11.3 Å². The Morgan fingerprint density at radius 1 is 1.45 bits per heavy atom. The van der Waals surface area contributed by atoms with E-state index in [4.69, 9.17) is 4.52 Å². The molecule has 0 spiro atoms. The summed E-state index contributed by atoms with van der Waals surface area (Å²) in [6.07, 6.45) is 4.06. The molecule has 0 radical (unpaired) electrons. The quantitative estimate of drug-likeness (QED) is 0.868. The maximum Gasteiger partial charge on any atom is 0.239 e. The highest BCUT2D eigenvalue weighted by atomic mass is 32.2. The summed E-state index contributed by atoms with van der Waals surface area (Å²) in [7, 11) is -1.22. The number of hydrogen-bond acceptors (Lipinski definition) is 6. The molecule has 1 fully saturated rings. The van der Waals surface area contributed by atoms with Crippen molar-refractivity contribution in [2.24, 2.45) is 0 Å². The van der Waals surface area contributed by atoms with Gasteiger partial charge in [0.25, 0.3) is 0 Å². The third-order valence-electron chi connectivity index (χ3n) is 3.10. The molecule has 0 saturated heterocycles. The van der Waals surface area contributed by atoms with Crippen LogP contribution in [-0.4, -0.2) is 19.3 Å². The Morgan fingerprint density at radius 3 is 2.80 bits per heavy atom. The first-order chi connectivity index (χ1) is 9.43. The molecule has 0 aromatic carbocycles. The topological polar surface area (TPSA) is 68.9 Å². The SMILES string of the molecule is CC(C)(C)c1cnc(S(=O)Cc2nc(C3CC3)no2)s1. The molecule has 0 aliphatic heterocycles. The van der Waals surface area contributed by atoms with Crippen LogP contribution >= 0.6 is 11.3 Å². The zero-order valence-corrected chi connectivity index (χ0v) is 13.4. The van der Waals surface area contributed by atoms with Crippen LogP contribution in [0.1, 0.15) is 56.1 Å². The largest absolute Gasteiger partial charge is 0.338 e. The molecule has 0 N–H and O–H groups in total. The molecule has 5 nitrogen and oxygen atoms in total. The van der Waals surface area contributed by atoms with E-state index < -0.39 is 10.8 Å². The Labute approximate surface area is 124 Å². The number of thiazole rings is 1. The molecule has 1 saturated carbocycles. The molecular weight excluding hydrogens is 294 g/mol. The molecule has 2 aromatic rings. The standard InChI is InChI=1S/C13H17N3O2S2/c1-13(2,3)9-6-14-12(19-9)20(17)7-10-15-11(16-18-10)8-4-5-8/h6,8H,4-5,7H2,1-3H3. The number of hydrogen-bond donors (Lipinski definition) is 0. The predicted molar refractivity (Wildman–Crippen MR) is 77.2 cm³/mol. The Hall–Kier alpha value is -1.08. The van der Waals surface area contributed by atoms with Gasteiger partial charge < -0.3 is 4.52 Å². The van der Waals surface area contributed by atoms with Crippen LogP contribution in [0, 0.1) is 0 Å². The van der Waals surface area contributed by atoms with E-state index in [1.165, 1.54) is 11.3 Å². The summed E-state index contributed by atoms with van der Waals surface area (Å²) < 4.78 is 18.1. The molecule has 20 heavy (non-hydrogen) atoms. The van der Waals surface area contributed by atoms with E-state index in [9.17, 15) is 4.21 Å². The van der Waals surface area contributed by atoms with Crippen molar-refractivity contribution in [2.75, 3.05) is 0 Å². The first-order valence-electron chi connectivity index (χ1n) is 6.60. The fraction of sp³-hybridized carbons (Fsp3) is 0.615. The fourth-order valence-electron chi connectivity index (χ4n) is 1.72. The van der Waals surface area contributed by atoms with E-state index in [-0.39, 0.29) is 11.2 Å². The minimum atomic E-state index is -1.22. The minimum Gasteiger partial charge on any atom is -0.338 e. The molecule has 0 amide bonds. The Bertz CT molecular complexity index is 638. The van der Waals surface area contributed by atoms with Gasteiger partial charge in [-0.2, -0.15) is 4.98 Å². The van der Waals surface area contributed by atoms with Crippen LogP contribution in [0.2, 0.25) is 0 Å². The van der Waals surface area contributed by atoms with E-state index in [0.717, 1.165) is 23.5 Å². The van der Waals surface area contributed by atoms with Crippen LogP contribution in [0.5, 0.6) is 0 Å². The predicted octanol–water partition coefficient (Wildman–Crippen LogP) is 3.01. The molecule has 1 aliphatic carbocycles. The van der Waals surface area contributed by atoms with Crippen molar-refractivity contribution in [1.82, 2.24) is 15.1 Å². The van der Waals surface area contributed by atoms with Crippen molar-refractivity contribution < 1.29 is 8.73 Å². The van der Waals surface area contributed by atoms with Crippen LogP contribution in [-0.2, 0) is 22.0 Å². The van der Waals surface area contributed by atoms with Crippen molar-refractivity contribution in [3.63, 3.8) is 0 Å². The van der Waals surface area contributed by atoms with E-state index in [1.807, 2.05) is 0 Å². The van der Waals surface area contributed by atoms with Gasteiger partial charge in [0.2, 0.25) is 5.89 Å². The fourth-order valence-corrected chi connectivity index (χ4v) is 3.88. The number of aromatic nitrogens is 3. The second-order valence-corrected chi connectivity index (χ2v) is 8.71. The lowest BCUT2D eigenvalue weighted by Crippen LogP contribution is -2.07. The van der Waals surface area contributed by atoms with Gasteiger partial charge in [0.1, 0.15) is 5.75 Å². The molecule has 0 bridgehead atoms. The lowest BCUT2D eigenvalue weighted by atomic mass is 9.96. The number of rotatable bonds is 4. The molecule has 2 aromatic heterocycles. The Balaban J connectivity index is 1.70. The second kappa shape index (κ2) is 5.04. The summed E-state index contributed by atoms with van der Waals surface area (Å²) >= 11 is 1.49. The highest BCUT2D eigenvalue weighted by Crippen LogP contribution is 2.38. The summed E-state index contributed by atoms with van der Waals surface area (Å²) in [5.41, 5.74) is 0.0315. The summed E-state index contributed by atoms with van der Waals surface area (Å²) in [6, 6.07) is 0. The van der Waals surface area contributed by atoms with Gasteiger partial charge in [-0.25, -0.2) is 4.98 Å². The molecule has 2 heterocycles. The van der Waals surface area contributed by atoms with Crippen LogP contribution in [0.15, 0.2) is 15.1 Å². The molecule has 108 valence electrons. The maximum absolute atomic E-state index is 12.3. The van der Waals surface area contributed by atoms with Gasteiger partial charge in [-0.05, 0) is 18.3 Å². The van der Waals surface area contributed by atoms with E-state index >= 15 is 0 Å². The summed E-state index contributed by atoms with van der Waals surface area (Å²) in [4.78, 5) is 9.69. The van der Waals surface area contributed by atoms with E-state index in [1.54, 1.807) is 6.20 Å². The van der Waals surface area contributed by atoms with Crippen molar-refractivity contribution >= 4 is 22.1 Å². The average molecular weight is 311 g/mol. The summed E-state index contributed by atoms with van der Waals surface area (Å²) in [5.74, 6) is 1.90. The smallest absolute Gasteiger partial charge is 0.239 e. The molecule has 1 atom stereocenters. The van der Waals surface area contributed by atoms with Crippen LogP contribution in [0.4, 0.5) is 0 Å². The van der Waals surface area contributed by atoms with Crippen molar-refractivity contribution in [3.8, 4) is 0 Å². The van der Waals surface area contributed by atoms with Crippen LogP contribution in [0.3, 0.4) is 0 Å². The average Bonchev–Trinajstić information content (AvgIpc) is 2.91. The Kier molecular flexibility index (Phi) is 3.50. The van der Waals surface area contributed by atoms with Gasteiger partial charge >= 0.3 is 0 Å². The highest BCUT2D eigenvalue weighted by molar-refractivity contribution is 7.86. The maximum atomic E-state index is 12.3. The molecule has 1 aliphatic rings. The van der Waals surface area contributed by atoms with Crippen LogP contribution < -0.4 is 0 Å². The second-order valence-electron chi connectivity index (χ2n) is 6.05. The van der Waals surface area contributed by atoms with E-state index in [2.05, 4.69) is 35.9 Å². The van der Waals surface area contributed by atoms with Crippen molar-refractivity contribution in [1.29, 1.82) is 0 Å². The Morgan fingerprint density at radius 2 is 2.20 bits per heavy atom. The third-order valence-corrected chi connectivity index (χ3v) is 6.13. The third kappa shape index (κ3) is 2.98. The zero-order chi connectivity index (χ0) is 14.3. The highest BCUT2D eigenvalue weighted by Gasteiger charge is 2.29. The molecule has 3 rings (SSSR count). The van der Waals surface area contributed by atoms with Crippen molar-refractivity contribution in [3.05, 3.63) is 22.8 Å². The summed E-state index contributed by atoms with van der Waals surface area (Å²) in [6.45, 7) is 6.35. The lowest BCUT2D eigenvalue weighted by Gasteiger charge is -2.14. The first kappa shape index (κ1) is 13.9. The van der Waals surface area contributed by atoms with Crippen LogP contribution in [0.25, 0.3) is 0 Å². The monoisotopic (exact) mass is 311 g/mol. The minimum absolute atomic E-state index is 0.0315. The lowest BCUT2D eigenvalue weighted by molar-refractivity contribution is 0.384. The molecule has 7 heteroatoms. The van der Waals surface area contributed by atoms with Gasteiger partial charge in [0.15, 0.2) is 10.2 Å². The van der Waals surface area contributed by atoms with Gasteiger partial charge in [-0.1, -0.05) is 25.9 Å². The van der Waals surface area contributed by atoms with Gasteiger partial charge in [-0.3, -0.25) is 4.21 Å². The summed E-state index contributed by atoms with van der Waals surface area (Å²) in [5, 5.41) is 3.93. The van der Waals surface area contributed by atoms with E-state index in [0.29, 0.717) is 16.1 Å².